The van der Waals surface area contributed by atoms with Crippen LogP contribution in [0, 0.1) is 22.9 Å². The van der Waals surface area contributed by atoms with Crippen LogP contribution < -0.4 is 4.74 Å². The summed E-state index contributed by atoms with van der Waals surface area (Å²) in [4.78, 5) is 35.1. The fourth-order valence-corrected chi connectivity index (χ4v) is 2.65. The van der Waals surface area contributed by atoms with E-state index in [-0.39, 0.29) is 28.3 Å². The summed E-state index contributed by atoms with van der Waals surface area (Å²) in [6.45, 7) is 1.47. The molecule has 28 heavy (non-hydrogen) atoms. The molecule has 140 valence electrons. The number of benzene rings is 3. The van der Waals surface area contributed by atoms with Crippen LogP contribution in [0.5, 0.6) is 5.75 Å². The Morgan fingerprint density at radius 3 is 2.07 bits per heavy atom. The van der Waals surface area contributed by atoms with Crippen LogP contribution in [-0.4, -0.2) is 16.7 Å². The van der Waals surface area contributed by atoms with Crippen molar-refractivity contribution >= 4 is 17.4 Å². The number of carbonyl (C=O) groups excluding carboxylic acids is 2. The first kappa shape index (κ1) is 18.9. The monoisotopic (exact) mass is 379 g/mol. The molecule has 0 radical (unpaired) electrons. The molecule has 0 unspecified atom stereocenters. The molecular weight excluding hydrogens is 365 g/mol. The highest BCUT2D eigenvalue weighted by Gasteiger charge is 2.19. The number of hydrogen-bond donors (Lipinski definition) is 0. The summed E-state index contributed by atoms with van der Waals surface area (Å²) in [7, 11) is 0. The van der Waals surface area contributed by atoms with Crippen molar-refractivity contribution in [2.45, 2.75) is 6.92 Å². The second-order valence-electron chi connectivity index (χ2n) is 5.96. The minimum absolute atomic E-state index is 0.0839. The summed E-state index contributed by atoms with van der Waals surface area (Å²) in [5, 5.41) is 11.0. The zero-order valence-corrected chi connectivity index (χ0v) is 14.7. The van der Waals surface area contributed by atoms with Crippen LogP contribution >= 0.6 is 0 Å². The summed E-state index contributed by atoms with van der Waals surface area (Å²) in [5.74, 6) is -1.28. The van der Waals surface area contributed by atoms with E-state index in [0.29, 0.717) is 11.1 Å². The lowest BCUT2D eigenvalue weighted by atomic mass is 10.0. The van der Waals surface area contributed by atoms with Gasteiger partial charge in [0.15, 0.2) is 5.78 Å². The first-order valence-corrected chi connectivity index (χ1v) is 8.23. The number of halogens is 1. The average molecular weight is 379 g/mol. The first-order valence-electron chi connectivity index (χ1n) is 8.23. The number of esters is 1. The molecule has 0 aromatic heterocycles. The Morgan fingerprint density at radius 2 is 1.50 bits per heavy atom. The van der Waals surface area contributed by atoms with Crippen molar-refractivity contribution in [1.29, 1.82) is 0 Å². The molecule has 6 nitrogen and oxygen atoms in total. The number of hydrogen-bond acceptors (Lipinski definition) is 5. The van der Waals surface area contributed by atoms with Crippen molar-refractivity contribution in [3.05, 3.63) is 105 Å². The van der Waals surface area contributed by atoms with E-state index in [9.17, 15) is 24.1 Å². The number of ketones is 1. The Kier molecular flexibility index (Phi) is 5.26. The van der Waals surface area contributed by atoms with E-state index < -0.39 is 16.7 Å². The van der Waals surface area contributed by atoms with E-state index in [1.165, 1.54) is 73.7 Å². The van der Waals surface area contributed by atoms with Gasteiger partial charge in [-0.15, -0.1) is 0 Å². The molecule has 0 aliphatic carbocycles. The van der Waals surface area contributed by atoms with E-state index in [1.807, 2.05) is 0 Å². The van der Waals surface area contributed by atoms with E-state index >= 15 is 0 Å². The zero-order valence-electron chi connectivity index (χ0n) is 14.7. The topological polar surface area (TPSA) is 86.5 Å². The van der Waals surface area contributed by atoms with Gasteiger partial charge in [-0.05, 0) is 61.5 Å². The van der Waals surface area contributed by atoms with Gasteiger partial charge in [-0.3, -0.25) is 14.9 Å². The van der Waals surface area contributed by atoms with Gasteiger partial charge in [-0.2, -0.15) is 0 Å². The number of ether oxygens (including phenoxy) is 1. The summed E-state index contributed by atoms with van der Waals surface area (Å²) in [6, 6.07) is 15.2. The van der Waals surface area contributed by atoms with Crippen LogP contribution in [0.2, 0.25) is 0 Å². The molecule has 3 aromatic carbocycles. The highest BCUT2D eigenvalue weighted by molar-refractivity contribution is 6.09. The Hall–Kier alpha value is -3.87. The van der Waals surface area contributed by atoms with Gasteiger partial charge in [-0.25, -0.2) is 9.18 Å². The number of nitrogens with zero attached hydrogens (tertiary/aromatic N) is 1. The molecule has 0 bridgehead atoms. The molecule has 3 aromatic rings. The number of carbonyl (C=O) groups is 2. The van der Waals surface area contributed by atoms with Gasteiger partial charge >= 0.3 is 5.97 Å². The summed E-state index contributed by atoms with van der Waals surface area (Å²) in [6.07, 6.45) is 0. The second kappa shape index (κ2) is 7.79. The molecule has 0 spiro atoms. The maximum absolute atomic E-state index is 13.0. The maximum atomic E-state index is 13.0. The predicted molar refractivity (Wildman–Crippen MR) is 99.1 cm³/mol. The summed E-state index contributed by atoms with van der Waals surface area (Å²) < 4.78 is 18.2. The van der Waals surface area contributed by atoms with Crippen molar-refractivity contribution in [3.8, 4) is 5.75 Å². The van der Waals surface area contributed by atoms with Crippen molar-refractivity contribution in [2.75, 3.05) is 0 Å². The molecule has 0 saturated heterocycles. The van der Waals surface area contributed by atoms with E-state index in [2.05, 4.69) is 0 Å². The molecule has 0 aliphatic rings. The largest absolute Gasteiger partial charge is 0.423 e. The predicted octanol–water partition coefficient (Wildman–Crippen LogP) is 4.49. The fourth-order valence-electron chi connectivity index (χ4n) is 2.65. The number of nitro benzene ring substituents is 1. The van der Waals surface area contributed by atoms with Crippen molar-refractivity contribution in [3.63, 3.8) is 0 Å². The minimum Gasteiger partial charge on any atom is -0.423 e. The van der Waals surface area contributed by atoms with E-state index in [4.69, 9.17) is 4.74 Å². The Balaban J connectivity index is 1.77. The molecule has 0 N–H and O–H groups in total. The summed E-state index contributed by atoms with van der Waals surface area (Å²) in [5.41, 5.74) is 0.798. The third-order valence-corrected chi connectivity index (χ3v) is 4.16. The first-order chi connectivity index (χ1) is 13.4. The molecular formula is C21H14FNO5. The van der Waals surface area contributed by atoms with Crippen molar-refractivity contribution in [2.24, 2.45) is 0 Å². The van der Waals surface area contributed by atoms with Gasteiger partial charge in [0.2, 0.25) is 0 Å². The third kappa shape index (κ3) is 3.93. The molecule has 0 aliphatic heterocycles. The van der Waals surface area contributed by atoms with Crippen LogP contribution in [0.25, 0.3) is 0 Å². The van der Waals surface area contributed by atoms with E-state index in [1.54, 1.807) is 0 Å². The lowest BCUT2D eigenvalue weighted by Crippen LogP contribution is -2.11. The minimum atomic E-state index is -0.737. The third-order valence-electron chi connectivity index (χ3n) is 4.16. The van der Waals surface area contributed by atoms with Crippen LogP contribution in [0.3, 0.4) is 0 Å². The van der Waals surface area contributed by atoms with Gasteiger partial charge in [0, 0.05) is 22.8 Å². The standard InChI is InChI=1S/C21H14FNO5/c1-13-18(3-2-4-19(13)23(26)27)21(25)28-17-11-7-15(8-12-17)20(24)14-5-9-16(22)10-6-14/h2-12H,1H3. The second-order valence-corrected chi connectivity index (χ2v) is 5.96. The normalized spacial score (nSPS) is 10.4. The van der Waals surface area contributed by atoms with Crippen LogP contribution in [0.15, 0.2) is 66.7 Å². The average Bonchev–Trinajstić information content (AvgIpc) is 2.68. The van der Waals surface area contributed by atoms with Gasteiger partial charge < -0.3 is 4.74 Å². The zero-order chi connectivity index (χ0) is 20.3. The van der Waals surface area contributed by atoms with Crippen LogP contribution in [-0.2, 0) is 0 Å². The highest BCUT2D eigenvalue weighted by Crippen LogP contribution is 2.23. The maximum Gasteiger partial charge on any atom is 0.344 e. The molecule has 0 fully saturated rings. The van der Waals surface area contributed by atoms with Crippen molar-refractivity contribution < 1.29 is 23.6 Å². The molecule has 3 rings (SSSR count). The quantitative estimate of drug-likeness (QED) is 0.214. The molecule has 0 amide bonds. The number of nitro groups is 1. The number of rotatable bonds is 5. The lowest BCUT2D eigenvalue weighted by Gasteiger charge is -2.08. The van der Waals surface area contributed by atoms with Gasteiger partial charge in [0.05, 0.1) is 10.5 Å². The smallest absolute Gasteiger partial charge is 0.344 e. The Bertz CT molecular complexity index is 1060. The van der Waals surface area contributed by atoms with Gasteiger partial charge in [0.25, 0.3) is 5.69 Å². The molecule has 0 heterocycles. The molecule has 0 saturated carbocycles. The summed E-state index contributed by atoms with van der Waals surface area (Å²) >= 11 is 0. The Morgan fingerprint density at radius 1 is 0.929 bits per heavy atom. The fraction of sp³-hybridized carbons (Fsp3) is 0.0476. The van der Waals surface area contributed by atoms with E-state index in [0.717, 1.165) is 0 Å². The van der Waals surface area contributed by atoms with Gasteiger partial charge in [-0.1, -0.05) is 6.07 Å². The molecule has 7 heteroatoms. The lowest BCUT2D eigenvalue weighted by molar-refractivity contribution is -0.385. The van der Waals surface area contributed by atoms with Crippen LogP contribution in [0.1, 0.15) is 31.8 Å². The van der Waals surface area contributed by atoms with Crippen molar-refractivity contribution in [1.82, 2.24) is 0 Å². The SMILES string of the molecule is Cc1c(C(=O)Oc2ccc(C(=O)c3ccc(F)cc3)cc2)cccc1[N+](=O)[O-]. The molecule has 0 atom stereocenters. The van der Waals surface area contributed by atoms with Gasteiger partial charge in [0.1, 0.15) is 11.6 Å². The Labute approximate surface area is 159 Å². The highest BCUT2D eigenvalue weighted by atomic mass is 19.1. The van der Waals surface area contributed by atoms with Crippen LogP contribution in [0.4, 0.5) is 10.1 Å².